The highest BCUT2D eigenvalue weighted by Crippen LogP contribution is 2.43. The molecule has 0 amide bonds. The summed E-state index contributed by atoms with van der Waals surface area (Å²) in [7, 11) is 0. The standard InChI is InChI=1S/C27H35N7O2/c1-6-21-26-32-31-17(2)33(26)22-16-29-24(30-25(22)34(21)19-9-7-8-10-19)20-13-14-28-15-18(20)11-12-23(35)36-27(3,4)5/h13-16,19,21H,6-12H2,1-5H3/t21-/m1/s1. The van der Waals surface area contributed by atoms with Gasteiger partial charge in [-0.15, -0.1) is 10.2 Å². The van der Waals surface area contributed by atoms with Crippen LogP contribution >= 0.6 is 0 Å². The normalized spacial score (nSPS) is 17.7. The van der Waals surface area contributed by atoms with Crippen LogP contribution in [-0.4, -0.2) is 47.3 Å². The van der Waals surface area contributed by atoms with E-state index in [1.165, 1.54) is 12.8 Å². The number of esters is 1. The van der Waals surface area contributed by atoms with Crippen LogP contribution in [-0.2, 0) is 16.0 Å². The van der Waals surface area contributed by atoms with Gasteiger partial charge in [-0.05, 0) is 65.0 Å². The van der Waals surface area contributed by atoms with E-state index in [9.17, 15) is 4.79 Å². The van der Waals surface area contributed by atoms with E-state index in [1.54, 1.807) is 12.4 Å². The Morgan fingerprint density at radius 3 is 2.67 bits per heavy atom. The lowest BCUT2D eigenvalue weighted by atomic mass is 10.0. The Morgan fingerprint density at radius 1 is 1.17 bits per heavy atom. The van der Waals surface area contributed by atoms with Crippen molar-refractivity contribution < 1.29 is 9.53 Å². The van der Waals surface area contributed by atoms with Crippen molar-refractivity contribution >= 4 is 11.8 Å². The second-order valence-corrected chi connectivity index (χ2v) is 10.7. The van der Waals surface area contributed by atoms with E-state index >= 15 is 0 Å². The summed E-state index contributed by atoms with van der Waals surface area (Å²) in [4.78, 5) is 29.1. The van der Waals surface area contributed by atoms with Crippen molar-refractivity contribution in [3.8, 4) is 17.1 Å². The minimum absolute atomic E-state index is 0.119. The highest BCUT2D eigenvalue weighted by atomic mass is 16.6. The van der Waals surface area contributed by atoms with Gasteiger partial charge in [-0.1, -0.05) is 19.8 Å². The van der Waals surface area contributed by atoms with Gasteiger partial charge in [-0.3, -0.25) is 14.3 Å². The smallest absolute Gasteiger partial charge is 0.306 e. The maximum Gasteiger partial charge on any atom is 0.306 e. The number of ether oxygens (including phenoxy) is 1. The average molecular weight is 490 g/mol. The molecule has 1 aliphatic carbocycles. The number of hydrogen-bond donors (Lipinski definition) is 0. The summed E-state index contributed by atoms with van der Waals surface area (Å²) in [5.74, 6) is 3.16. The molecule has 4 heterocycles. The van der Waals surface area contributed by atoms with Crippen LogP contribution < -0.4 is 4.90 Å². The molecule has 1 fully saturated rings. The molecule has 1 aliphatic heterocycles. The highest BCUT2D eigenvalue weighted by Gasteiger charge is 2.39. The van der Waals surface area contributed by atoms with Crippen LogP contribution in [0.15, 0.2) is 24.7 Å². The molecule has 36 heavy (non-hydrogen) atoms. The molecule has 3 aromatic heterocycles. The summed E-state index contributed by atoms with van der Waals surface area (Å²) in [5.41, 5.74) is 2.24. The molecule has 0 aromatic carbocycles. The molecule has 190 valence electrons. The first-order chi connectivity index (χ1) is 17.3. The Labute approximate surface area is 212 Å². The van der Waals surface area contributed by atoms with Gasteiger partial charge in [0.15, 0.2) is 17.5 Å². The van der Waals surface area contributed by atoms with Crippen molar-refractivity contribution in [1.29, 1.82) is 0 Å². The van der Waals surface area contributed by atoms with Gasteiger partial charge in [0.1, 0.15) is 17.1 Å². The lowest BCUT2D eigenvalue weighted by Gasteiger charge is -2.41. The summed E-state index contributed by atoms with van der Waals surface area (Å²) in [6, 6.07) is 2.47. The quantitative estimate of drug-likeness (QED) is 0.450. The Bertz CT molecular complexity index is 1260. The number of aromatic nitrogens is 6. The molecule has 0 saturated heterocycles. The topological polar surface area (TPSA) is 98.9 Å². The Balaban J connectivity index is 1.54. The lowest BCUT2D eigenvalue weighted by molar-refractivity contribution is -0.154. The second-order valence-electron chi connectivity index (χ2n) is 10.7. The molecular weight excluding hydrogens is 454 g/mol. The number of aryl methyl sites for hydroxylation is 2. The predicted molar refractivity (Wildman–Crippen MR) is 137 cm³/mol. The fourth-order valence-electron chi connectivity index (χ4n) is 5.47. The zero-order chi connectivity index (χ0) is 25.4. The molecule has 9 nitrogen and oxygen atoms in total. The molecule has 0 N–H and O–H groups in total. The largest absolute Gasteiger partial charge is 0.460 e. The van der Waals surface area contributed by atoms with Gasteiger partial charge in [0, 0.05) is 30.4 Å². The van der Waals surface area contributed by atoms with Crippen LogP contribution in [0, 0.1) is 6.92 Å². The number of fused-ring (bicyclic) bond motifs is 3. The second kappa shape index (κ2) is 9.59. The maximum absolute atomic E-state index is 12.4. The summed E-state index contributed by atoms with van der Waals surface area (Å²) < 4.78 is 7.61. The molecule has 3 aromatic rings. The number of carbonyl (C=O) groups excluding carboxylic acids is 1. The van der Waals surface area contributed by atoms with E-state index in [2.05, 4.69) is 31.6 Å². The van der Waals surface area contributed by atoms with Crippen molar-refractivity contribution in [2.45, 2.75) is 97.2 Å². The molecule has 1 atom stereocenters. The summed E-state index contributed by atoms with van der Waals surface area (Å²) in [5, 5.41) is 8.95. The summed E-state index contributed by atoms with van der Waals surface area (Å²) in [6.07, 6.45) is 11.9. The molecular formula is C27H35N7O2. The van der Waals surface area contributed by atoms with Gasteiger partial charge in [0.2, 0.25) is 0 Å². The van der Waals surface area contributed by atoms with Crippen molar-refractivity contribution in [2.75, 3.05) is 4.90 Å². The van der Waals surface area contributed by atoms with Gasteiger partial charge >= 0.3 is 5.97 Å². The van der Waals surface area contributed by atoms with E-state index < -0.39 is 5.60 Å². The number of pyridine rings is 1. The zero-order valence-corrected chi connectivity index (χ0v) is 21.9. The predicted octanol–water partition coefficient (Wildman–Crippen LogP) is 4.92. The van der Waals surface area contributed by atoms with Crippen molar-refractivity contribution in [1.82, 2.24) is 29.7 Å². The number of carbonyl (C=O) groups is 1. The minimum Gasteiger partial charge on any atom is -0.460 e. The number of anilines is 1. The number of nitrogens with zero attached hydrogens (tertiary/aromatic N) is 7. The van der Waals surface area contributed by atoms with Gasteiger partial charge in [-0.25, -0.2) is 9.97 Å². The molecule has 0 bridgehead atoms. The Morgan fingerprint density at radius 2 is 1.94 bits per heavy atom. The Hall–Kier alpha value is -3.36. The monoisotopic (exact) mass is 489 g/mol. The van der Waals surface area contributed by atoms with Crippen molar-refractivity contribution in [2.24, 2.45) is 0 Å². The molecule has 0 spiro atoms. The molecule has 1 saturated carbocycles. The third kappa shape index (κ3) is 4.58. The first-order valence-corrected chi connectivity index (χ1v) is 13.0. The lowest BCUT2D eigenvalue weighted by Crippen LogP contribution is -2.42. The van der Waals surface area contributed by atoms with E-state index in [4.69, 9.17) is 14.7 Å². The fourth-order valence-corrected chi connectivity index (χ4v) is 5.47. The van der Waals surface area contributed by atoms with Crippen LogP contribution in [0.25, 0.3) is 17.1 Å². The third-order valence-electron chi connectivity index (χ3n) is 6.99. The van der Waals surface area contributed by atoms with Crippen LogP contribution in [0.3, 0.4) is 0 Å². The van der Waals surface area contributed by atoms with Gasteiger partial charge in [0.05, 0.1) is 12.2 Å². The van der Waals surface area contributed by atoms with Crippen LogP contribution in [0.1, 0.15) is 89.5 Å². The van der Waals surface area contributed by atoms with Crippen LogP contribution in [0.5, 0.6) is 0 Å². The van der Waals surface area contributed by atoms with Gasteiger partial charge in [0.25, 0.3) is 0 Å². The van der Waals surface area contributed by atoms with Crippen molar-refractivity contribution in [3.63, 3.8) is 0 Å². The van der Waals surface area contributed by atoms with Crippen LogP contribution in [0.2, 0.25) is 0 Å². The molecule has 9 heteroatoms. The minimum atomic E-state index is -0.505. The fraction of sp³-hybridized carbons (Fsp3) is 0.556. The number of rotatable bonds is 6. The zero-order valence-electron chi connectivity index (χ0n) is 21.9. The molecule has 0 unspecified atom stereocenters. The SMILES string of the molecule is CC[C@@H]1c2nnc(C)n2-c2cnc(-c3ccncc3CCC(=O)OC(C)(C)C)nc2N1C1CCCC1. The molecule has 5 rings (SSSR count). The van der Waals surface area contributed by atoms with E-state index in [0.717, 1.165) is 53.5 Å². The highest BCUT2D eigenvalue weighted by molar-refractivity contribution is 5.72. The van der Waals surface area contributed by atoms with E-state index in [0.29, 0.717) is 18.3 Å². The van der Waals surface area contributed by atoms with Crippen LogP contribution in [0.4, 0.5) is 5.82 Å². The molecule has 0 radical (unpaired) electrons. The van der Waals surface area contributed by atoms with Gasteiger partial charge in [-0.2, -0.15) is 0 Å². The van der Waals surface area contributed by atoms with E-state index in [1.807, 2.05) is 40.0 Å². The average Bonchev–Trinajstić information content (AvgIpc) is 3.51. The number of hydrogen-bond acceptors (Lipinski definition) is 8. The van der Waals surface area contributed by atoms with Gasteiger partial charge < -0.3 is 9.64 Å². The summed E-state index contributed by atoms with van der Waals surface area (Å²) >= 11 is 0. The van der Waals surface area contributed by atoms with E-state index in [-0.39, 0.29) is 18.4 Å². The molecule has 2 aliphatic rings. The maximum atomic E-state index is 12.4. The summed E-state index contributed by atoms with van der Waals surface area (Å²) in [6.45, 7) is 9.81. The first kappa shape index (κ1) is 24.3. The Kier molecular flexibility index (Phi) is 6.49. The first-order valence-electron chi connectivity index (χ1n) is 13.0. The third-order valence-corrected chi connectivity index (χ3v) is 6.99. The van der Waals surface area contributed by atoms with Crippen molar-refractivity contribution in [3.05, 3.63) is 41.9 Å².